The highest BCUT2D eigenvalue weighted by atomic mass is 16.5. The van der Waals surface area contributed by atoms with E-state index in [2.05, 4.69) is 15.3 Å². The first-order chi connectivity index (χ1) is 10.4. The lowest BCUT2D eigenvalue weighted by molar-refractivity contribution is 0.484. The third-order valence-electron chi connectivity index (χ3n) is 2.96. The number of rotatable bonds is 5. The van der Waals surface area contributed by atoms with Gasteiger partial charge in [-0.2, -0.15) is 0 Å². The van der Waals surface area contributed by atoms with Crippen molar-refractivity contribution < 1.29 is 4.74 Å². The third kappa shape index (κ3) is 3.57. The summed E-state index contributed by atoms with van der Waals surface area (Å²) in [5.74, 6) is 1.60. The summed E-state index contributed by atoms with van der Waals surface area (Å²) in [6, 6.07) is 19.5. The minimum Gasteiger partial charge on any atom is -0.455 e. The summed E-state index contributed by atoms with van der Waals surface area (Å²) in [6.45, 7) is 0.623. The molecule has 104 valence electrons. The van der Waals surface area contributed by atoms with Crippen LogP contribution in [-0.2, 0) is 6.54 Å². The van der Waals surface area contributed by atoms with Crippen molar-refractivity contribution in [1.82, 2.24) is 9.97 Å². The normalized spacial score (nSPS) is 10.1. The average Bonchev–Trinajstić information content (AvgIpc) is 2.56. The molecule has 0 saturated carbocycles. The Bertz CT molecular complexity index is 687. The second-order valence-corrected chi connectivity index (χ2v) is 4.47. The predicted molar refractivity (Wildman–Crippen MR) is 82.3 cm³/mol. The van der Waals surface area contributed by atoms with Gasteiger partial charge in [-0.3, -0.25) is 0 Å². The molecule has 1 N–H and O–H groups in total. The molecule has 3 rings (SSSR count). The molecule has 21 heavy (non-hydrogen) atoms. The molecular weight excluding hydrogens is 262 g/mol. The number of para-hydroxylation sites is 3. The van der Waals surface area contributed by atoms with Gasteiger partial charge in [0.15, 0.2) is 5.75 Å². The van der Waals surface area contributed by atoms with E-state index < -0.39 is 0 Å². The largest absolute Gasteiger partial charge is 0.455 e. The molecule has 1 heterocycles. The Balaban J connectivity index is 1.73. The topological polar surface area (TPSA) is 47.0 Å². The van der Waals surface area contributed by atoms with Crippen LogP contribution >= 0.6 is 0 Å². The van der Waals surface area contributed by atoms with Gasteiger partial charge in [-0.25, -0.2) is 9.97 Å². The fourth-order valence-corrected chi connectivity index (χ4v) is 1.93. The Kier molecular flexibility index (Phi) is 4.07. The minimum absolute atomic E-state index is 0.623. The fraction of sp³-hybridized carbons (Fsp3) is 0.0588. The van der Waals surface area contributed by atoms with Crippen molar-refractivity contribution in [2.24, 2.45) is 0 Å². The maximum atomic E-state index is 5.90. The maximum Gasteiger partial charge on any atom is 0.150 e. The summed E-state index contributed by atoms with van der Waals surface area (Å²) in [6.07, 6.45) is 3.28. The first-order valence-corrected chi connectivity index (χ1v) is 6.72. The van der Waals surface area contributed by atoms with E-state index in [0.29, 0.717) is 6.54 Å². The molecule has 4 nitrogen and oxygen atoms in total. The van der Waals surface area contributed by atoms with Crippen molar-refractivity contribution in [1.29, 1.82) is 0 Å². The molecule has 0 aliphatic rings. The Morgan fingerprint density at radius 3 is 2.52 bits per heavy atom. The summed E-state index contributed by atoms with van der Waals surface area (Å²) in [5.41, 5.74) is 1.86. The summed E-state index contributed by atoms with van der Waals surface area (Å²) in [4.78, 5) is 8.10. The van der Waals surface area contributed by atoms with Crippen LogP contribution in [0.15, 0.2) is 73.2 Å². The van der Waals surface area contributed by atoms with Gasteiger partial charge in [0, 0.05) is 6.20 Å². The van der Waals surface area contributed by atoms with Gasteiger partial charge >= 0.3 is 0 Å². The smallest absolute Gasteiger partial charge is 0.150 e. The lowest BCUT2D eigenvalue weighted by Crippen LogP contribution is -2.02. The Hall–Kier alpha value is -2.88. The summed E-state index contributed by atoms with van der Waals surface area (Å²) < 4.78 is 5.90. The Morgan fingerprint density at radius 2 is 1.71 bits per heavy atom. The van der Waals surface area contributed by atoms with Crippen molar-refractivity contribution in [2.45, 2.75) is 6.54 Å². The molecule has 0 fully saturated rings. The van der Waals surface area contributed by atoms with Crippen molar-refractivity contribution in [3.8, 4) is 11.5 Å². The summed E-state index contributed by atoms with van der Waals surface area (Å²) in [5, 5.41) is 3.33. The molecule has 0 amide bonds. The zero-order chi connectivity index (χ0) is 14.3. The number of nitrogens with one attached hydrogen (secondary N) is 1. The average molecular weight is 277 g/mol. The molecular formula is C17H15N3O. The van der Waals surface area contributed by atoms with Crippen LogP contribution in [0.4, 0.5) is 5.69 Å². The molecule has 0 atom stereocenters. The highest BCUT2D eigenvalue weighted by molar-refractivity contribution is 5.57. The highest BCUT2D eigenvalue weighted by Gasteiger charge is 2.04. The quantitative estimate of drug-likeness (QED) is 0.768. The molecule has 4 heteroatoms. The van der Waals surface area contributed by atoms with Crippen LogP contribution < -0.4 is 10.1 Å². The standard InChI is InChI=1S/C17H15N3O/c1-2-6-15(7-3-1)21-17-9-5-4-8-16(17)19-12-14-10-11-18-13-20-14/h1-11,13,19H,12H2. The summed E-state index contributed by atoms with van der Waals surface area (Å²) >= 11 is 0. The van der Waals surface area contributed by atoms with Crippen LogP contribution in [0, 0.1) is 0 Å². The van der Waals surface area contributed by atoms with E-state index in [1.807, 2.05) is 60.7 Å². The van der Waals surface area contributed by atoms with E-state index in [4.69, 9.17) is 4.74 Å². The number of benzene rings is 2. The Morgan fingerprint density at radius 1 is 0.905 bits per heavy atom. The van der Waals surface area contributed by atoms with E-state index in [1.54, 1.807) is 12.5 Å². The number of aromatic nitrogens is 2. The van der Waals surface area contributed by atoms with Gasteiger partial charge < -0.3 is 10.1 Å². The number of hydrogen-bond donors (Lipinski definition) is 1. The molecule has 3 aromatic rings. The molecule has 0 spiro atoms. The first-order valence-electron chi connectivity index (χ1n) is 6.72. The maximum absolute atomic E-state index is 5.90. The van der Waals surface area contributed by atoms with E-state index in [-0.39, 0.29) is 0 Å². The first kappa shape index (κ1) is 13.1. The monoisotopic (exact) mass is 277 g/mol. The van der Waals surface area contributed by atoms with Crippen LogP contribution in [0.5, 0.6) is 11.5 Å². The SMILES string of the molecule is c1ccc(Oc2ccccc2NCc2ccncn2)cc1. The zero-order valence-corrected chi connectivity index (χ0v) is 11.4. The van der Waals surface area contributed by atoms with Crippen LogP contribution in [0.1, 0.15) is 5.69 Å². The van der Waals surface area contributed by atoms with Crippen LogP contribution in [0.3, 0.4) is 0 Å². The molecule has 0 aliphatic heterocycles. The molecule has 0 bridgehead atoms. The minimum atomic E-state index is 0.623. The molecule has 1 aromatic heterocycles. The van der Waals surface area contributed by atoms with E-state index >= 15 is 0 Å². The number of nitrogens with zero attached hydrogens (tertiary/aromatic N) is 2. The molecule has 0 aliphatic carbocycles. The molecule has 0 saturated heterocycles. The molecule has 0 radical (unpaired) electrons. The lowest BCUT2D eigenvalue weighted by Gasteiger charge is -2.12. The molecule has 0 unspecified atom stereocenters. The summed E-state index contributed by atoms with van der Waals surface area (Å²) in [7, 11) is 0. The highest BCUT2D eigenvalue weighted by Crippen LogP contribution is 2.29. The van der Waals surface area contributed by atoms with Crippen molar-refractivity contribution in [2.75, 3.05) is 5.32 Å². The van der Waals surface area contributed by atoms with Gasteiger partial charge in [-0.15, -0.1) is 0 Å². The van der Waals surface area contributed by atoms with Gasteiger partial charge in [0.2, 0.25) is 0 Å². The number of ether oxygens (including phenoxy) is 1. The fourth-order valence-electron chi connectivity index (χ4n) is 1.93. The van der Waals surface area contributed by atoms with Crippen LogP contribution in [0.25, 0.3) is 0 Å². The van der Waals surface area contributed by atoms with Gasteiger partial charge in [0.05, 0.1) is 17.9 Å². The Labute approximate surface area is 123 Å². The predicted octanol–water partition coefficient (Wildman–Crippen LogP) is 3.88. The van der Waals surface area contributed by atoms with Gasteiger partial charge in [0.25, 0.3) is 0 Å². The van der Waals surface area contributed by atoms with Crippen molar-refractivity contribution >= 4 is 5.69 Å². The second-order valence-electron chi connectivity index (χ2n) is 4.47. The third-order valence-corrected chi connectivity index (χ3v) is 2.96. The molecule has 2 aromatic carbocycles. The lowest BCUT2D eigenvalue weighted by atomic mass is 10.2. The van der Waals surface area contributed by atoms with Crippen LogP contribution in [-0.4, -0.2) is 9.97 Å². The van der Waals surface area contributed by atoms with E-state index in [1.165, 1.54) is 0 Å². The van der Waals surface area contributed by atoms with E-state index in [9.17, 15) is 0 Å². The van der Waals surface area contributed by atoms with Crippen molar-refractivity contribution in [3.63, 3.8) is 0 Å². The van der Waals surface area contributed by atoms with Crippen molar-refractivity contribution in [3.05, 3.63) is 78.9 Å². The van der Waals surface area contributed by atoms with E-state index in [0.717, 1.165) is 22.9 Å². The van der Waals surface area contributed by atoms with Gasteiger partial charge in [-0.05, 0) is 30.3 Å². The van der Waals surface area contributed by atoms with Crippen LogP contribution in [0.2, 0.25) is 0 Å². The number of anilines is 1. The van der Waals surface area contributed by atoms with Gasteiger partial charge in [0.1, 0.15) is 12.1 Å². The second kappa shape index (κ2) is 6.52. The van der Waals surface area contributed by atoms with Gasteiger partial charge in [-0.1, -0.05) is 30.3 Å². The number of hydrogen-bond acceptors (Lipinski definition) is 4. The zero-order valence-electron chi connectivity index (χ0n) is 11.4.